The molecule has 2 fully saturated rings. The van der Waals surface area contributed by atoms with Crippen LogP contribution in [-0.2, 0) is 14.3 Å². The Morgan fingerprint density at radius 2 is 1.43 bits per heavy atom. The van der Waals surface area contributed by atoms with Crippen molar-refractivity contribution in [1.29, 1.82) is 0 Å². The lowest BCUT2D eigenvalue weighted by Crippen LogP contribution is -2.51. The molecule has 2 amide bonds. The topological polar surface area (TPSA) is 80.8 Å². The van der Waals surface area contributed by atoms with Crippen molar-refractivity contribution >= 4 is 68.2 Å². The van der Waals surface area contributed by atoms with Crippen molar-refractivity contribution in [3.8, 4) is 0 Å². The zero-order valence-corrected chi connectivity index (χ0v) is 20.8. The van der Waals surface area contributed by atoms with Crippen LogP contribution in [0.2, 0.25) is 10.0 Å². The van der Waals surface area contributed by atoms with E-state index in [1.807, 2.05) is 0 Å². The number of imide groups is 1. The van der Waals surface area contributed by atoms with Crippen molar-refractivity contribution in [2.45, 2.75) is 11.7 Å². The van der Waals surface area contributed by atoms with Gasteiger partial charge in [0.2, 0.25) is 29.0 Å². The molecule has 0 saturated carbocycles. The Morgan fingerprint density at radius 1 is 0.800 bits per heavy atom. The van der Waals surface area contributed by atoms with Gasteiger partial charge >= 0.3 is 0 Å². The Balaban J connectivity index is 1.57. The summed E-state index contributed by atoms with van der Waals surface area (Å²) in [6.45, 7) is 0. The van der Waals surface area contributed by atoms with Crippen LogP contribution in [-0.4, -0.2) is 29.0 Å². The summed E-state index contributed by atoms with van der Waals surface area (Å²) in [5, 5.41) is 0.354. The van der Waals surface area contributed by atoms with Gasteiger partial charge in [0.1, 0.15) is 0 Å². The average Bonchev–Trinajstić information content (AvgIpc) is 3.42. The first-order valence-electron chi connectivity index (χ1n) is 10.7. The largest absolute Gasteiger partial charge is 0.349 e. The van der Waals surface area contributed by atoms with E-state index in [0.717, 1.165) is 9.37 Å². The van der Waals surface area contributed by atoms with E-state index in [2.05, 4.69) is 15.9 Å². The molecule has 3 atom stereocenters. The number of hydrogen-bond acceptors (Lipinski definition) is 5. The molecule has 0 radical (unpaired) electrons. The number of nitrogens with zero attached hydrogens (tertiary/aromatic N) is 1. The summed E-state index contributed by atoms with van der Waals surface area (Å²) in [5.74, 6) is -5.01. The van der Waals surface area contributed by atoms with E-state index in [0.29, 0.717) is 11.3 Å². The van der Waals surface area contributed by atoms with Gasteiger partial charge in [-0.1, -0.05) is 75.5 Å². The van der Waals surface area contributed by atoms with Crippen molar-refractivity contribution in [1.82, 2.24) is 0 Å². The zero-order valence-electron chi connectivity index (χ0n) is 17.7. The summed E-state index contributed by atoms with van der Waals surface area (Å²) in [4.78, 5) is 56.2. The number of halogens is 3. The number of ether oxygens (including phenoxy) is 1. The third-order valence-electron chi connectivity index (χ3n) is 6.89. The monoisotopic (exact) mass is 569 g/mol. The minimum absolute atomic E-state index is 0.132. The molecule has 35 heavy (non-hydrogen) atoms. The molecule has 2 heterocycles. The second-order valence-corrected chi connectivity index (χ2v) is 10.3. The molecule has 3 aromatic carbocycles. The standard InChI is InChI=1S/C26H14BrCl2NO5/c27-12-8-10-13(11-9-12)30-24(33)18-19(25(30)34)26(22(31)14-4-1-2-5-15(14)23(26)32)35-21(18)16-6-3-7-17(28)20(16)29/h1-11,18-19,21H/t18-,19+,21+/m1/s1. The highest BCUT2D eigenvalue weighted by atomic mass is 79.9. The molecule has 6 rings (SSSR count). The molecule has 0 unspecified atom stereocenters. The van der Waals surface area contributed by atoms with Crippen LogP contribution in [0.4, 0.5) is 5.69 Å². The van der Waals surface area contributed by atoms with E-state index in [1.54, 1.807) is 54.6 Å². The first-order chi connectivity index (χ1) is 16.8. The molecule has 0 bridgehead atoms. The number of ketones is 2. The van der Waals surface area contributed by atoms with Crippen LogP contribution in [0.25, 0.3) is 0 Å². The number of hydrogen-bond donors (Lipinski definition) is 0. The molecular formula is C26H14BrCl2NO5. The number of anilines is 1. The summed E-state index contributed by atoms with van der Waals surface area (Å²) in [6, 6.07) is 17.8. The number of fused-ring (bicyclic) bond motifs is 3. The van der Waals surface area contributed by atoms with E-state index in [4.69, 9.17) is 27.9 Å². The Bertz CT molecular complexity index is 1440. The van der Waals surface area contributed by atoms with E-state index in [9.17, 15) is 19.2 Å². The molecular weight excluding hydrogens is 557 g/mol. The molecule has 6 nitrogen and oxygen atoms in total. The van der Waals surface area contributed by atoms with Gasteiger partial charge in [-0.2, -0.15) is 0 Å². The predicted molar refractivity (Wildman–Crippen MR) is 132 cm³/mol. The summed E-state index contributed by atoms with van der Waals surface area (Å²) < 4.78 is 7.00. The molecule has 2 aliphatic heterocycles. The third kappa shape index (κ3) is 2.93. The fourth-order valence-corrected chi connectivity index (χ4v) is 6.06. The Kier molecular flexibility index (Phi) is 5.06. The first-order valence-corrected chi connectivity index (χ1v) is 12.3. The molecule has 3 aromatic rings. The highest BCUT2D eigenvalue weighted by molar-refractivity contribution is 9.10. The molecule has 174 valence electrons. The van der Waals surface area contributed by atoms with Crippen molar-refractivity contribution in [2.24, 2.45) is 11.8 Å². The zero-order chi connectivity index (χ0) is 24.6. The fraction of sp³-hybridized carbons (Fsp3) is 0.154. The van der Waals surface area contributed by atoms with Crippen LogP contribution in [0.1, 0.15) is 32.4 Å². The first kappa shape index (κ1) is 22.6. The summed E-state index contributed by atoms with van der Waals surface area (Å²) >= 11 is 16.1. The van der Waals surface area contributed by atoms with E-state index < -0.39 is 46.9 Å². The number of carbonyl (C=O) groups is 4. The average molecular weight is 571 g/mol. The second-order valence-electron chi connectivity index (χ2n) is 8.61. The number of carbonyl (C=O) groups excluding carboxylic acids is 4. The van der Waals surface area contributed by atoms with Gasteiger partial charge in [0.25, 0.3) is 0 Å². The molecule has 3 aliphatic rings. The maximum atomic E-state index is 13.9. The highest BCUT2D eigenvalue weighted by Crippen LogP contribution is 2.58. The van der Waals surface area contributed by atoms with Gasteiger partial charge < -0.3 is 4.74 Å². The number of Topliss-reactive ketones (excluding diaryl/α,β-unsaturated/α-hetero) is 2. The third-order valence-corrected chi connectivity index (χ3v) is 8.25. The number of benzene rings is 3. The summed E-state index contributed by atoms with van der Waals surface area (Å²) in [7, 11) is 0. The van der Waals surface area contributed by atoms with Gasteiger partial charge in [0.15, 0.2) is 0 Å². The quantitative estimate of drug-likeness (QED) is 0.302. The summed E-state index contributed by atoms with van der Waals surface area (Å²) in [5.41, 5.74) is -1.17. The van der Waals surface area contributed by atoms with Gasteiger partial charge in [-0.25, -0.2) is 4.90 Å². The van der Waals surface area contributed by atoms with E-state index in [1.165, 1.54) is 12.1 Å². The van der Waals surface area contributed by atoms with Crippen LogP contribution in [0, 0.1) is 11.8 Å². The molecule has 1 spiro atoms. The van der Waals surface area contributed by atoms with Gasteiger partial charge in [-0.05, 0) is 30.3 Å². The molecule has 0 N–H and O–H groups in total. The van der Waals surface area contributed by atoms with Gasteiger partial charge in [0.05, 0.1) is 33.7 Å². The van der Waals surface area contributed by atoms with Crippen molar-refractivity contribution in [3.63, 3.8) is 0 Å². The molecule has 0 aromatic heterocycles. The normalized spacial score (nSPS) is 24.4. The Labute approximate surface area is 217 Å². The van der Waals surface area contributed by atoms with Crippen LogP contribution < -0.4 is 4.90 Å². The maximum absolute atomic E-state index is 13.9. The molecule has 1 aliphatic carbocycles. The minimum Gasteiger partial charge on any atom is -0.349 e. The van der Waals surface area contributed by atoms with Crippen molar-refractivity contribution < 1.29 is 23.9 Å². The molecule has 2 saturated heterocycles. The van der Waals surface area contributed by atoms with Crippen LogP contribution >= 0.6 is 39.1 Å². The lowest BCUT2D eigenvalue weighted by Gasteiger charge is -2.27. The smallest absolute Gasteiger partial charge is 0.241 e. The van der Waals surface area contributed by atoms with E-state index in [-0.39, 0.29) is 21.2 Å². The van der Waals surface area contributed by atoms with Crippen LogP contribution in [0.15, 0.2) is 71.2 Å². The number of rotatable bonds is 2. The SMILES string of the molecule is O=C1[C@@H]2[C@@H](C(=O)N1c1ccc(Br)cc1)C1(O[C@H]2c2cccc(Cl)c2Cl)C(=O)c2ccccc2C1=O. The van der Waals surface area contributed by atoms with Crippen molar-refractivity contribution in [3.05, 3.63) is 97.9 Å². The minimum atomic E-state index is -2.17. The predicted octanol–water partition coefficient (Wildman–Crippen LogP) is 5.45. The molecule has 9 heteroatoms. The second kappa shape index (κ2) is 7.83. The lowest BCUT2D eigenvalue weighted by atomic mass is 9.77. The fourth-order valence-electron chi connectivity index (χ4n) is 5.38. The van der Waals surface area contributed by atoms with Crippen molar-refractivity contribution in [2.75, 3.05) is 4.90 Å². The van der Waals surface area contributed by atoms with Gasteiger partial charge in [-0.3, -0.25) is 19.2 Å². The van der Waals surface area contributed by atoms with E-state index >= 15 is 0 Å². The Morgan fingerprint density at radius 3 is 2.06 bits per heavy atom. The van der Waals surface area contributed by atoms with Crippen LogP contribution in [0.3, 0.4) is 0 Å². The highest BCUT2D eigenvalue weighted by Gasteiger charge is 2.74. The Hall–Kier alpha value is -2.84. The lowest BCUT2D eigenvalue weighted by molar-refractivity contribution is -0.127. The maximum Gasteiger partial charge on any atom is 0.241 e. The van der Waals surface area contributed by atoms with Gasteiger partial charge in [0, 0.05) is 21.2 Å². The summed E-state index contributed by atoms with van der Waals surface area (Å²) in [6.07, 6.45) is -1.13. The number of amides is 2. The van der Waals surface area contributed by atoms with Crippen LogP contribution in [0.5, 0.6) is 0 Å². The van der Waals surface area contributed by atoms with Gasteiger partial charge in [-0.15, -0.1) is 0 Å².